The Balaban J connectivity index is 2.07. The van der Waals surface area contributed by atoms with Crippen LogP contribution in [0, 0.1) is 6.92 Å². The topological polar surface area (TPSA) is 73.0 Å². The Morgan fingerprint density at radius 3 is 3.00 bits per heavy atom. The van der Waals surface area contributed by atoms with Gasteiger partial charge in [0.05, 0.1) is 17.6 Å². The minimum absolute atomic E-state index is 0.0117. The van der Waals surface area contributed by atoms with Crippen molar-refractivity contribution in [2.45, 2.75) is 38.4 Å². The second kappa shape index (κ2) is 8.57. The van der Waals surface area contributed by atoms with Gasteiger partial charge >= 0.3 is 0 Å². The minimum Gasteiger partial charge on any atom is -0.469 e. The smallest absolute Gasteiger partial charge is 0.230 e. The summed E-state index contributed by atoms with van der Waals surface area (Å²) in [5, 5.41) is 12.0. The monoisotopic (exact) mass is 334 g/mol. The molecule has 0 spiro atoms. The van der Waals surface area contributed by atoms with Crippen molar-refractivity contribution in [3.63, 3.8) is 0 Å². The zero-order chi connectivity index (χ0) is 16.7. The van der Waals surface area contributed by atoms with Crippen LogP contribution in [-0.2, 0) is 11.3 Å². The maximum Gasteiger partial charge on any atom is 0.230 e. The first-order chi connectivity index (χ1) is 11.2. The summed E-state index contributed by atoms with van der Waals surface area (Å²) in [4.78, 5) is 11.8. The Labute approximate surface area is 140 Å². The lowest BCUT2D eigenvalue weighted by molar-refractivity contribution is -0.118. The highest BCUT2D eigenvalue weighted by molar-refractivity contribution is 7.99. The largest absolute Gasteiger partial charge is 0.469 e. The SMILES string of the molecule is C=CCn1c(SCC(=O)NCCCC)nnc1-c1ccoc1C. The van der Waals surface area contributed by atoms with Gasteiger partial charge in [-0.15, -0.1) is 16.8 Å². The Morgan fingerprint density at radius 2 is 2.35 bits per heavy atom. The molecule has 0 aliphatic carbocycles. The summed E-state index contributed by atoms with van der Waals surface area (Å²) in [6.07, 6.45) is 5.47. The second-order valence-corrected chi connectivity index (χ2v) is 6.03. The van der Waals surface area contributed by atoms with Crippen LogP contribution in [0.1, 0.15) is 25.5 Å². The van der Waals surface area contributed by atoms with Crippen LogP contribution in [0.2, 0.25) is 0 Å². The fourth-order valence-corrected chi connectivity index (χ4v) is 2.87. The van der Waals surface area contributed by atoms with Crippen LogP contribution in [0.3, 0.4) is 0 Å². The van der Waals surface area contributed by atoms with E-state index >= 15 is 0 Å². The quantitative estimate of drug-likeness (QED) is 0.433. The Kier molecular flexibility index (Phi) is 6.46. The highest BCUT2D eigenvalue weighted by Crippen LogP contribution is 2.26. The number of nitrogens with one attached hydrogen (secondary N) is 1. The van der Waals surface area contributed by atoms with Crippen LogP contribution >= 0.6 is 11.8 Å². The number of carbonyl (C=O) groups excluding carboxylic acids is 1. The van der Waals surface area contributed by atoms with Crippen molar-refractivity contribution < 1.29 is 9.21 Å². The second-order valence-electron chi connectivity index (χ2n) is 5.09. The zero-order valence-corrected chi connectivity index (χ0v) is 14.4. The number of thioether (sulfide) groups is 1. The van der Waals surface area contributed by atoms with Gasteiger partial charge in [-0.1, -0.05) is 31.2 Å². The molecule has 124 valence electrons. The van der Waals surface area contributed by atoms with Crippen molar-refractivity contribution in [1.82, 2.24) is 20.1 Å². The van der Waals surface area contributed by atoms with Crippen molar-refractivity contribution in [1.29, 1.82) is 0 Å². The number of carbonyl (C=O) groups is 1. The standard InChI is InChI=1S/C16H22N4O2S/c1-4-6-8-17-14(21)11-23-16-19-18-15(20(16)9-5-2)13-7-10-22-12(13)3/h5,7,10H,2,4,6,8-9,11H2,1,3H3,(H,17,21). The first-order valence-electron chi connectivity index (χ1n) is 7.65. The van der Waals surface area contributed by atoms with E-state index in [9.17, 15) is 4.79 Å². The van der Waals surface area contributed by atoms with Crippen molar-refractivity contribution in [2.24, 2.45) is 0 Å². The molecule has 0 aliphatic rings. The summed E-state index contributed by atoms with van der Waals surface area (Å²) in [5.74, 6) is 1.85. The predicted octanol–water partition coefficient (Wildman–Crippen LogP) is 3.04. The maximum absolute atomic E-state index is 11.8. The highest BCUT2D eigenvalue weighted by Gasteiger charge is 2.17. The summed E-state index contributed by atoms with van der Waals surface area (Å²) < 4.78 is 7.28. The normalized spacial score (nSPS) is 10.7. The number of rotatable bonds is 9. The van der Waals surface area contributed by atoms with E-state index in [1.54, 1.807) is 12.3 Å². The van der Waals surface area contributed by atoms with Crippen molar-refractivity contribution in [3.8, 4) is 11.4 Å². The van der Waals surface area contributed by atoms with Gasteiger partial charge in [0.25, 0.3) is 0 Å². The van der Waals surface area contributed by atoms with Gasteiger partial charge in [-0.2, -0.15) is 0 Å². The molecular formula is C16H22N4O2S. The number of hydrogen-bond acceptors (Lipinski definition) is 5. The molecule has 2 heterocycles. The zero-order valence-electron chi connectivity index (χ0n) is 13.5. The molecule has 6 nitrogen and oxygen atoms in total. The van der Waals surface area contributed by atoms with Crippen LogP contribution in [0.25, 0.3) is 11.4 Å². The number of nitrogens with zero attached hydrogens (tertiary/aromatic N) is 3. The Morgan fingerprint density at radius 1 is 1.52 bits per heavy atom. The average Bonchev–Trinajstić information content (AvgIpc) is 3.12. The molecule has 7 heteroatoms. The van der Waals surface area contributed by atoms with Gasteiger partial charge in [0.15, 0.2) is 11.0 Å². The van der Waals surface area contributed by atoms with Gasteiger partial charge < -0.3 is 9.73 Å². The van der Waals surface area contributed by atoms with E-state index in [1.807, 2.05) is 17.6 Å². The van der Waals surface area contributed by atoms with Crippen molar-refractivity contribution >= 4 is 17.7 Å². The van der Waals surface area contributed by atoms with E-state index in [2.05, 4.69) is 29.0 Å². The van der Waals surface area contributed by atoms with Crippen LogP contribution < -0.4 is 5.32 Å². The van der Waals surface area contributed by atoms with Crippen LogP contribution in [0.15, 0.2) is 34.6 Å². The van der Waals surface area contributed by atoms with Crippen LogP contribution in [0.5, 0.6) is 0 Å². The van der Waals surface area contributed by atoms with E-state index < -0.39 is 0 Å². The number of aryl methyl sites for hydroxylation is 1. The number of aromatic nitrogens is 3. The molecule has 2 rings (SSSR count). The van der Waals surface area contributed by atoms with E-state index in [0.29, 0.717) is 24.0 Å². The molecule has 23 heavy (non-hydrogen) atoms. The Bertz CT molecular complexity index is 663. The molecule has 0 aliphatic heterocycles. The summed E-state index contributed by atoms with van der Waals surface area (Å²) in [7, 11) is 0. The van der Waals surface area contributed by atoms with Gasteiger partial charge in [-0.3, -0.25) is 9.36 Å². The number of amides is 1. The molecule has 0 radical (unpaired) electrons. The molecule has 0 aromatic carbocycles. The van der Waals surface area contributed by atoms with E-state index in [-0.39, 0.29) is 5.91 Å². The average molecular weight is 334 g/mol. The van der Waals surface area contributed by atoms with Crippen LogP contribution in [-0.4, -0.2) is 33.0 Å². The third-order valence-corrected chi connectivity index (χ3v) is 4.28. The fourth-order valence-electron chi connectivity index (χ4n) is 2.09. The van der Waals surface area contributed by atoms with E-state index in [0.717, 1.165) is 30.0 Å². The Hall–Kier alpha value is -2.02. The molecule has 1 N–H and O–H groups in total. The number of allylic oxidation sites excluding steroid dienone is 1. The molecule has 0 saturated carbocycles. The molecule has 0 unspecified atom stereocenters. The molecule has 0 fully saturated rings. The molecule has 2 aromatic heterocycles. The lowest BCUT2D eigenvalue weighted by Gasteiger charge is -2.07. The van der Waals surface area contributed by atoms with Gasteiger partial charge in [0.1, 0.15) is 5.76 Å². The third kappa shape index (κ3) is 4.48. The lowest BCUT2D eigenvalue weighted by Crippen LogP contribution is -2.26. The van der Waals surface area contributed by atoms with Crippen molar-refractivity contribution in [3.05, 3.63) is 30.7 Å². The summed E-state index contributed by atoms with van der Waals surface area (Å²) in [6.45, 7) is 9.05. The first kappa shape index (κ1) is 17.3. The van der Waals surface area contributed by atoms with E-state index in [4.69, 9.17) is 4.42 Å². The van der Waals surface area contributed by atoms with Gasteiger partial charge in [0.2, 0.25) is 5.91 Å². The fraction of sp³-hybridized carbons (Fsp3) is 0.438. The number of furan rings is 1. The summed E-state index contributed by atoms with van der Waals surface area (Å²) in [6, 6.07) is 1.87. The summed E-state index contributed by atoms with van der Waals surface area (Å²) >= 11 is 1.38. The first-order valence-corrected chi connectivity index (χ1v) is 8.64. The molecular weight excluding hydrogens is 312 g/mol. The molecule has 0 saturated heterocycles. The molecule has 0 atom stereocenters. The van der Waals surface area contributed by atoms with E-state index in [1.165, 1.54) is 11.8 Å². The predicted molar refractivity (Wildman–Crippen MR) is 91.3 cm³/mol. The van der Waals surface area contributed by atoms with Crippen LogP contribution in [0.4, 0.5) is 0 Å². The maximum atomic E-state index is 11.8. The molecule has 2 aromatic rings. The summed E-state index contributed by atoms with van der Waals surface area (Å²) in [5.41, 5.74) is 0.901. The van der Waals surface area contributed by atoms with Gasteiger partial charge in [-0.05, 0) is 19.4 Å². The lowest BCUT2D eigenvalue weighted by atomic mass is 10.2. The van der Waals surface area contributed by atoms with Gasteiger partial charge in [0, 0.05) is 13.1 Å². The third-order valence-electron chi connectivity index (χ3n) is 3.31. The highest BCUT2D eigenvalue weighted by atomic mass is 32.2. The van der Waals surface area contributed by atoms with Gasteiger partial charge in [-0.25, -0.2) is 0 Å². The minimum atomic E-state index is 0.0117. The number of unbranched alkanes of at least 4 members (excludes halogenated alkanes) is 1. The molecule has 0 bridgehead atoms. The molecule has 1 amide bonds. The van der Waals surface area contributed by atoms with Crippen molar-refractivity contribution in [2.75, 3.05) is 12.3 Å². The number of hydrogen-bond donors (Lipinski definition) is 1.